The van der Waals surface area contributed by atoms with Gasteiger partial charge < -0.3 is 22.1 Å². The van der Waals surface area contributed by atoms with Crippen molar-refractivity contribution < 1.29 is 35.9 Å². The summed E-state index contributed by atoms with van der Waals surface area (Å²) in [6, 6.07) is 29.7. The van der Waals surface area contributed by atoms with E-state index in [1.165, 1.54) is 24.3 Å². The molecule has 62 heavy (non-hydrogen) atoms. The van der Waals surface area contributed by atoms with Crippen molar-refractivity contribution in [3.8, 4) is 24.2 Å². The van der Waals surface area contributed by atoms with E-state index >= 15 is 0 Å². The second kappa shape index (κ2) is 19.0. The predicted octanol–water partition coefficient (Wildman–Crippen LogP) is 10.1. The molecule has 17 heteroatoms. The maximum atomic E-state index is 12.7. The van der Waals surface area contributed by atoms with Gasteiger partial charge >= 0.3 is 24.2 Å². The van der Waals surface area contributed by atoms with Gasteiger partial charge in [0.25, 0.3) is 0 Å². The van der Waals surface area contributed by atoms with Gasteiger partial charge in [-0.1, -0.05) is 43.0 Å². The Kier molecular flexibility index (Phi) is 13.8. The zero-order valence-corrected chi connectivity index (χ0v) is 31.8. The number of carbonyl (C=O) groups excluding carboxylic acids is 2. The first-order valence-electron chi connectivity index (χ1n) is 17.5. The molecule has 8 rings (SSSR count). The number of nitrogens with two attached hydrogens (primary N) is 2. The summed E-state index contributed by atoms with van der Waals surface area (Å²) in [7, 11) is 0. The maximum absolute atomic E-state index is 12.7. The van der Waals surface area contributed by atoms with Crippen molar-refractivity contribution in [3.63, 3.8) is 0 Å². The van der Waals surface area contributed by atoms with Crippen molar-refractivity contribution in [2.45, 2.75) is 19.8 Å². The van der Waals surface area contributed by atoms with Crippen LogP contribution >= 0.6 is 11.6 Å². The Labute approximate surface area is 354 Å². The smallest absolute Gasteiger partial charge is 0.399 e. The van der Waals surface area contributed by atoms with E-state index < -0.39 is 24.2 Å². The highest BCUT2D eigenvalue weighted by Gasteiger charge is 2.39. The molecule has 0 atom stereocenters. The third-order valence-electron chi connectivity index (χ3n) is 8.40. The average Bonchev–Trinajstić information content (AvgIpc) is 3.23. The second-order valence-corrected chi connectivity index (χ2v) is 13.1. The fourth-order valence-corrected chi connectivity index (χ4v) is 5.71. The number of nitrogens with one attached hydrogen (secondary N) is 2. The molecule has 2 amide bonds. The molecule has 0 fully saturated rings. The lowest BCUT2D eigenvalue weighted by Gasteiger charge is -2.12. The van der Waals surface area contributed by atoms with Crippen LogP contribution in [0.3, 0.4) is 0 Å². The quantitative estimate of drug-likeness (QED) is 0.0439. The first kappa shape index (κ1) is 45.1. The van der Waals surface area contributed by atoms with Crippen LogP contribution in [0.15, 0.2) is 122 Å². The van der Waals surface area contributed by atoms with Crippen LogP contribution in [0.1, 0.15) is 24.2 Å². The first-order chi connectivity index (χ1) is 29.0. The number of nitrogens with zero attached hydrogens (tertiary/aromatic N) is 4. The van der Waals surface area contributed by atoms with Crippen LogP contribution in [-0.4, -0.2) is 44.1 Å². The Morgan fingerprint density at radius 1 is 0.597 bits per heavy atom. The van der Waals surface area contributed by atoms with Crippen LogP contribution in [0.5, 0.6) is 0 Å². The lowest BCUT2D eigenvalue weighted by atomic mass is 10.1. The van der Waals surface area contributed by atoms with Crippen LogP contribution in [0.2, 0.25) is 5.15 Å². The third kappa shape index (κ3) is 11.0. The summed E-state index contributed by atoms with van der Waals surface area (Å²) < 4.78 is 75.6. The first-order valence-corrected chi connectivity index (χ1v) is 17.9. The number of rotatable bonds is 2. The number of hydrogen-bond donors (Lipinski definition) is 4. The third-order valence-corrected chi connectivity index (χ3v) is 8.61. The summed E-state index contributed by atoms with van der Waals surface area (Å²) in [5, 5.41) is 5.70. The van der Waals surface area contributed by atoms with Crippen LogP contribution in [-0.2, 0) is 9.59 Å². The minimum Gasteiger partial charge on any atom is -0.399 e. The van der Waals surface area contributed by atoms with E-state index in [-0.39, 0.29) is 24.0 Å². The van der Waals surface area contributed by atoms with E-state index in [1.54, 1.807) is 85.2 Å². The molecule has 0 saturated carbocycles. The molecule has 0 aliphatic carbocycles. The molecule has 0 aliphatic heterocycles. The Morgan fingerprint density at radius 2 is 1.05 bits per heavy atom. The number of carbonyl (C=O) groups is 2. The molecule has 0 radical (unpaired) electrons. The van der Waals surface area contributed by atoms with Crippen molar-refractivity contribution in [2.24, 2.45) is 0 Å². The minimum atomic E-state index is -5.01. The molecule has 0 spiro atoms. The Balaban J connectivity index is 0.000000198. The van der Waals surface area contributed by atoms with Gasteiger partial charge in [0.1, 0.15) is 21.9 Å². The number of fused-ring (bicyclic) bond motifs is 6. The summed E-state index contributed by atoms with van der Waals surface area (Å²) >= 11 is 5.84. The summed E-state index contributed by atoms with van der Waals surface area (Å²) in [5.74, 6) is 4.28. The second-order valence-electron chi connectivity index (χ2n) is 12.7. The highest BCUT2D eigenvalue weighted by Crippen LogP contribution is 2.33. The summed E-state index contributed by atoms with van der Waals surface area (Å²) in [6.45, 7) is 0. The topological polar surface area (TPSA) is 162 Å². The zero-order chi connectivity index (χ0) is 43.9. The number of anilines is 4. The summed E-state index contributed by atoms with van der Waals surface area (Å²) in [6.07, 6.45) is -1.77. The normalized spacial score (nSPS) is 10.8. The summed E-state index contributed by atoms with van der Waals surface area (Å²) in [5.41, 5.74) is 16.1. The molecule has 0 unspecified atom stereocenters. The van der Waals surface area contributed by atoms with Crippen molar-refractivity contribution in [1.29, 1.82) is 0 Å². The number of terminal acetylenes is 1. The Hall–Kier alpha value is -7.95. The molecule has 4 aromatic heterocycles. The molecule has 6 N–H and O–H groups in total. The van der Waals surface area contributed by atoms with Gasteiger partial charge in [0.15, 0.2) is 0 Å². The van der Waals surface area contributed by atoms with E-state index in [0.29, 0.717) is 55.0 Å². The van der Waals surface area contributed by atoms with Crippen LogP contribution in [0, 0.1) is 24.2 Å². The van der Waals surface area contributed by atoms with Gasteiger partial charge in [0.2, 0.25) is 0 Å². The van der Waals surface area contributed by atoms with Crippen molar-refractivity contribution in [2.75, 3.05) is 22.1 Å². The number of benzene rings is 4. The van der Waals surface area contributed by atoms with Crippen molar-refractivity contribution >= 4 is 89.8 Å². The van der Waals surface area contributed by atoms with Gasteiger partial charge in [0, 0.05) is 56.4 Å². The van der Waals surface area contributed by atoms with Gasteiger partial charge in [-0.3, -0.25) is 19.6 Å². The number of pyridine rings is 4. The standard InChI is InChI=1S/C22H13F3N4O.C14H7ClF3N3O.C8H7N.CH4/c23-22(24,25)21(30)29-18-12-14-2-1-11-27-19(14)20-17(18)10-9-16(28-20)8-5-13-3-6-15(26)7-4-13;15-10-4-3-8-9(20-13(22)14(16,17)18)6-7-2-1-5-19-11(7)12(8)21-10;1-2-7-3-5-8(9)6-4-7;/h1-4,6-7,9-12H,26H2,(H,29,30);1-6H,(H,20,22);1,3-6H,9H2;1H4. The molecule has 4 aromatic carbocycles. The highest BCUT2D eigenvalue weighted by molar-refractivity contribution is 6.30. The van der Waals surface area contributed by atoms with Gasteiger partial charge in [-0.05, 0) is 103 Å². The van der Waals surface area contributed by atoms with Crippen molar-refractivity contribution in [3.05, 3.63) is 144 Å². The number of hydrogen-bond acceptors (Lipinski definition) is 8. The largest absolute Gasteiger partial charge is 0.471 e. The number of aromatic nitrogens is 4. The zero-order valence-electron chi connectivity index (χ0n) is 31.0. The van der Waals surface area contributed by atoms with E-state index in [0.717, 1.165) is 16.8 Å². The highest BCUT2D eigenvalue weighted by atomic mass is 35.5. The Bertz CT molecular complexity index is 3050. The van der Waals surface area contributed by atoms with Crippen LogP contribution in [0.4, 0.5) is 49.1 Å². The van der Waals surface area contributed by atoms with Crippen LogP contribution < -0.4 is 22.1 Å². The van der Waals surface area contributed by atoms with E-state index in [9.17, 15) is 35.9 Å². The monoisotopic (exact) mass is 864 g/mol. The lowest BCUT2D eigenvalue weighted by Crippen LogP contribution is -2.30. The SMILES string of the molecule is C.C#Cc1ccc(N)cc1.Nc1ccc(C#Cc2ccc3c(NC(=O)C(F)(F)F)cc4cccnc4c3n2)cc1.O=C(Nc1cc2cccnc2c2nc(Cl)ccc12)C(F)(F)F. The van der Waals surface area contributed by atoms with Gasteiger partial charge in [0.05, 0.1) is 22.4 Å². The van der Waals surface area contributed by atoms with Crippen LogP contribution in [0.25, 0.3) is 43.6 Å². The Morgan fingerprint density at radius 3 is 1.52 bits per heavy atom. The van der Waals surface area contributed by atoms with Gasteiger partial charge in [-0.15, -0.1) is 6.42 Å². The number of halogens is 7. The maximum Gasteiger partial charge on any atom is 0.471 e. The number of amides is 2. The van der Waals surface area contributed by atoms with Gasteiger partial charge in [-0.2, -0.15) is 26.3 Å². The molecule has 0 bridgehead atoms. The minimum absolute atomic E-state index is 0. The fourth-order valence-electron chi connectivity index (χ4n) is 5.57. The molecule has 0 saturated heterocycles. The molecule has 312 valence electrons. The molecular weight excluding hydrogens is 834 g/mol. The lowest BCUT2D eigenvalue weighted by molar-refractivity contribution is -0.167. The molecular formula is C45H31ClF6N8O2. The fraction of sp³-hybridized carbons (Fsp3) is 0.0667. The van der Waals surface area contributed by atoms with E-state index in [2.05, 4.69) is 37.7 Å². The van der Waals surface area contributed by atoms with E-state index in [1.807, 2.05) is 22.8 Å². The molecule has 4 heterocycles. The van der Waals surface area contributed by atoms with Gasteiger partial charge in [-0.25, -0.2) is 9.97 Å². The molecule has 0 aliphatic rings. The summed E-state index contributed by atoms with van der Waals surface area (Å²) in [4.78, 5) is 39.7. The van der Waals surface area contributed by atoms with Crippen molar-refractivity contribution in [1.82, 2.24) is 19.9 Å². The van der Waals surface area contributed by atoms with E-state index in [4.69, 9.17) is 29.5 Å². The molecule has 10 nitrogen and oxygen atoms in total. The average molecular weight is 865 g/mol. The predicted molar refractivity (Wildman–Crippen MR) is 231 cm³/mol. The molecule has 8 aromatic rings. The number of alkyl halides is 6. The number of nitrogen functional groups attached to an aromatic ring is 2.